The monoisotopic (exact) mass is 325 g/mol. The van der Waals surface area contributed by atoms with Crippen molar-refractivity contribution in [1.82, 2.24) is 0 Å². The van der Waals surface area contributed by atoms with Crippen LogP contribution in [0.3, 0.4) is 0 Å². The average molecular weight is 325 g/mol. The summed E-state index contributed by atoms with van der Waals surface area (Å²) in [7, 11) is 0. The lowest BCUT2D eigenvalue weighted by atomic mass is 10.1. The molecule has 0 saturated carbocycles. The topological polar surface area (TPSA) is 67.6 Å². The molecule has 5 heteroatoms. The predicted octanol–water partition coefficient (Wildman–Crippen LogP) is 3.19. The van der Waals surface area contributed by atoms with Crippen LogP contribution in [0, 0.1) is 6.92 Å². The molecular weight excluding hydrogens is 302 g/mol. The molecule has 2 aromatic rings. The molecule has 0 aromatic heterocycles. The highest BCUT2D eigenvalue weighted by molar-refractivity contribution is 5.95. The first kappa shape index (κ1) is 16.2. The summed E-state index contributed by atoms with van der Waals surface area (Å²) in [5.41, 5.74) is 9.33. The number of nitrogens with two attached hydrogens (primary N) is 1. The van der Waals surface area contributed by atoms with Gasteiger partial charge in [-0.15, -0.1) is 0 Å². The van der Waals surface area contributed by atoms with Crippen LogP contribution < -0.4 is 20.7 Å². The zero-order chi connectivity index (χ0) is 17.1. The Kier molecular flexibility index (Phi) is 4.60. The highest BCUT2D eigenvalue weighted by atomic mass is 16.5. The van der Waals surface area contributed by atoms with Gasteiger partial charge in [-0.05, 0) is 37.1 Å². The van der Waals surface area contributed by atoms with Crippen LogP contribution in [-0.4, -0.2) is 25.1 Å². The molecule has 1 aliphatic rings. The Morgan fingerprint density at radius 1 is 1.33 bits per heavy atom. The number of para-hydroxylation sites is 1. The van der Waals surface area contributed by atoms with Crippen molar-refractivity contribution in [2.75, 3.05) is 29.0 Å². The van der Waals surface area contributed by atoms with Crippen LogP contribution in [0.1, 0.15) is 18.9 Å². The van der Waals surface area contributed by atoms with Crippen LogP contribution in [0.5, 0.6) is 5.75 Å². The molecule has 0 radical (unpaired) electrons. The van der Waals surface area contributed by atoms with Gasteiger partial charge in [-0.1, -0.05) is 25.1 Å². The molecule has 24 heavy (non-hydrogen) atoms. The van der Waals surface area contributed by atoms with Crippen LogP contribution in [0.15, 0.2) is 42.5 Å². The van der Waals surface area contributed by atoms with E-state index >= 15 is 0 Å². The first-order valence-corrected chi connectivity index (χ1v) is 8.23. The standard InChI is InChI=1S/C19H23N3O2/c1-3-15-11-22(17-9-8-14(20)10-18(17)24-15)12-19(23)21-16-7-5-4-6-13(16)2/h4-10,15H,3,11-12,20H2,1-2H3,(H,21,23). The highest BCUT2D eigenvalue weighted by Gasteiger charge is 2.26. The first-order valence-electron chi connectivity index (χ1n) is 8.23. The number of fused-ring (bicyclic) bond motifs is 1. The third kappa shape index (κ3) is 3.45. The molecule has 2 aromatic carbocycles. The van der Waals surface area contributed by atoms with Gasteiger partial charge in [0.25, 0.3) is 0 Å². The van der Waals surface area contributed by atoms with E-state index in [9.17, 15) is 4.79 Å². The van der Waals surface area contributed by atoms with Crippen molar-refractivity contribution in [3.05, 3.63) is 48.0 Å². The highest BCUT2D eigenvalue weighted by Crippen LogP contribution is 2.35. The normalized spacial score (nSPS) is 16.2. The number of anilines is 3. The molecule has 126 valence electrons. The molecule has 1 amide bonds. The number of nitrogens with zero attached hydrogens (tertiary/aromatic N) is 1. The number of nitrogen functional groups attached to an aromatic ring is 1. The second-order valence-corrected chi connectivity index (χ2v) is 6.12. The van der Waals surface area contributed by atoms with Crippen molar-refractivity contribution in [2.24, 2.45) is 0 Å². The van der Waals surface area contributed by atoms with Gasteiger partial charge in [-0.3, -0.25) is 4.79 Å². The molecule has 0 bridgehead atoms. The third-order valence-corrected chi connectivity index (χ3v) is 4.25. The number of hydrogen-bond acceptors (Lipinski definition) is 4. The smallest absolute Gasteiger partial charge is 0.243 e. The summed E-state index contributed by atoms with van der Waals surface area (Å²) in [5, 5.41) is 2.99. The Labute approximate surface area is 142 Å². The molecule has 5 nitrogen and oxygen atoms in total. The Morgan fingerprint density at radius 2 is 2.12 bits per heavy atom. The number of hydrogen-bond donors (Lipinski definition) is 2. The van der Waals surface area contributed by atoms with Crippen LogP contribution in [0.25, 0.3) is 0 Å². The van der Waals surface area contributed by atoms with Gasteiger partial charge in [0.15, 0.2) is 0 Å². The van der Waals surface area contributed by atoms with Crippen molar-refractivity contribution >= 4 is 23.0 Å². The molecule has 0 saturated heterocycles. The second-order valence-electron chi connectivity index (χ2n) is 6.12. The van der Waals surface area contributed by atoms with Gasteiger partial charge in [0.1, 0.15) is 11.9 Å². The second kappa shape index (κ2) is 6.83. The van der Waals surface area contributed by atoms with Crippen molar-refractivity contribution < 1.29 is 9.53 Å². The van der Waals surface area contributed by atoms with E-state index in [2.05, 4.69) is 17.1 Å². The van der Waals surface area contributed by atoms with E-state index in [1.807, 2.05) is 49.4 Å². The number of rotatable bonds is 4. The number of amides is 1. The van der Waals surface area contributed by atoms with Gasteiger partial charge in [0, 0.05) is 17.4 Å². The molecule has 3 N–H and O–H groups in total. The summed E-state index contributed by atoms with van der Waals surface area (Å²) >= 11 is 0. The quantitative estimate of drug-likeness (QED) is 0.847. The molecule has 0 spiro atoms. The zero-order valence-corrected chi connectivity index (χ0v) is 14.1. The van der Waals surface area contributed by atoms with Crippen molar-refractivity contribution in [3.63, 3.8) is 0 Å². The zero-order valence-electron chi connectivity index (χ0n) is 14.1. The van der Waals surface area contributed by atoms with Crippen molar-refractivity contribution in [1.29, 1.82) is 0 Å². The molecule has 0 aliphatic carbocycles. The molecule has 1 heterocycles. The number of carbonyl (C=O) groups is 1. The van der Waals surface area contributed by atoms with Gasteiger partial charge < -0.3 is 20.7 Å². The summed E-state index contributed by atoms with van der Waals surface area (Å²) in [6.07, 6.45) is 0.940. The third-order valence-electron chi connectivity index (χ3n) is 4.25. The van der Waals surface area contributed by atoms with Crippen molar-refractivity contribution in [3.8, 4) is 5.75 Å². The Hall–Kier alpha value is -2.69. The minimum Gasteiger partial charge on any atom is -0.486 e. The predicted molar refractivity (Wildman–Crippen MR) is 97.6 cm³/mol. The Morgan fingerprint density at radius 3 is 2.88 bits per heavy atom. The maximum Gasteiger partial charge on any atom is 0.243 e. The van der Waals surface area contributed by atoms with E-state index in [1.165, 1.54) is 0 Å². The van der Waals surface area contributed by atoms with Gasteiger partial charge in [-0.2, -0.15) is 0 Å². The fourth-order valence-corrected chi connectivity index (χ4v) is 2.89. The number of nitrogens with one attached hydrogen (secondary N) is 1. The van der Waals surface area contributed by atoms with E-state index in [-0.39, 0.29) is 18.6 Å². The molecular formula is C19H23N3O2. The van der Waals surface area contributed by atoms with Gasteiger partial charge >= 0.3 is 0 Å². The summed E-state index contributed by atoms with van der Waals surface area (Å²) in [6, 6.07) is 13.3. The lowest BCUT2D eigenvalue weighted by molar-refractivity contribution is -0.115. The number of ether oxygens (including phenoxy) is 1. The number of aryl methyl sites for hydroxylation is 1. The maximum absolute atomic E-state index is 12.5. The molecule has 1 atom stereocenters. The van der Waals surface area contributed by atoms with Gasteiger partial charge in [-0.25, -0.2) is 0 Å². The number of carbonyl (C=O) groups excluding carboxylic acids is 1. The van der Waals surface area contributed by atoms with E-state index < -0.39 is 0 Å². The molecule has 1 aliphatic heterocycles. The number of benzene rings is 2. The van der Waals surface area contributed by atoms with E-state index in [1.54, 1.807) is 0 Å². The largest absolute Gasteiger partial charge is 0.486 e. The van der Waals surface area contributed by atoms with Gasteiger partial charge in [0.2, 0.25) is 5.91 Å². The van der Waals surface area contributed by atoms with Crippen LogP contribution in [0.4, 0.5) is 17.1 Å². The molecule has 0 fully saturated rings. The van der Waals surface area contributed by atoms with Gasteiger partial charge in [0.05, 0.1) is 18.8 Å². The Balaban J connectivity index is 1.77. The summed E-state index contributed by atoms with van der Waals surface area (Å²) in [5.74, 6) is 0.709. The van der Waals surface area contributed by atoms with Crippen molar-refractivity contribution in [2.45, 2.75) is 26.4 Å². The Bertz CT molecular complexity index is 745. The van der Waals surface area contributed by atoms with Crippen LogP contribution in [-0.2, 0) is 4.79 Å². The fraction of sp³-hybridized carbons (Fsp3) is 0.316. The van der Waals surface area contributed by atoms with E-state index in [4.69, 9.17) is 10.5 Å². The minimum atomic E-state index is -0.0381. The average Bonchev–Trinajstić information content (AvgIpc) is 2.56. The lowest BCUT2D eigenvalue weighted by Crippen LogP contribution is -2.43. The van der Waals surface area contributed by atoms with Crippen LogP contribution >= 0.6 is 0 Å². The molecule has 1 unspecified atom stereocenters. The fourth-order valence-electron chi connectivity index (χ4n) is 2.89. The summed E-state index contributed by atoms with van der Waals surface area (Å²) < 4.78 is 5.96. The minimum absolute atomic E-state index is 0.0381. The first-order chi connectivity index (χ1) is 11.6. The SMILES string of the molecule is CCC1CN(CC(=O)Nc2ccccc2C)c2ccc(N)cc2O1. The molecule has 3 rings (SSSR count). The summed E-state index contributed by atoms with van der Waals surface area (Å²) in [6.45, 7) is 5.03. The van der Waals surface area contributed by atoms with E-state index in [0.29, 0.717) is 12.2 Å². The lowest BCUT2D eigenvalue weighted by Gasteiger charge is -2.35. The van der Waals surface area contributed by atoms with Crippen LogP contribution in [0.2, 0.25) is 0 Å². The summed E-state index contributed by atoms with van der Waals surface area (Å²) in [4.78, 5) is 14.5. The van der Waals surface area contributed by atoms with E-state index in [0.717, 1.165) is 29.1 Å². The maximum atomic E-state index is 12.5.